The number of halogens is 1. The van der Waals surface area contributed by atoms with Crippen molar-refractivity contribution in [1.29, 1.82) is 0 Å². The van der Waals surface area contributed by atoms with Crippen LogP contribution in [0.3, 0.4) is 0 Å². The summed E-state index contributed by atoms with van der Waals surface area (Å²) in [6.07, 6.45) is 6.79. The molecule has 0 bridgehead atoms. The maximum Gasteiger partial charge on any atom is 0.218 e. The van der Waals surface area contributed by atoms with E-state index in [9.17, 15) is 0 Å². The Bertz CT molecular complexity index is 414. The zero-order valence-electron chi connectivity index (χ0n) is 12.3. The van der Waals surface area contributed by atoms with Crippen molar-refractivity contribution in [3.05, 3.63) is 12.4 Å². The van der Waals surface area contributed by atoms with Gasteiger partial charge in [0, 0.05) is 18.5 Å². The first-order valence-electron chi connectivity index (χ1n) is 7.47. The highest BCUT2D eigenvalue weighted by Crippen LogP contribution is 2.31. The Hall–Kier alpha value is -1.03. The van der Waals surface area contributed by atoms with Gasteiger partial charge in [0.05, 0.1) is 6.10 Å². The number of anilines is 1. The van der Waals surface area contributed by atoms with Gasteiger partial charge in [-0.1, -0.05) is 12.8 Å². The van der Waals surface area contributed by atoms with Crippen molar-refractivity contribution >= 4 is 17.4 Å². The van der Waals surface area contributed by atoms with E-state index >= 15 is 0 Å². The zero-order chi connectivity index (χ0) is 14.4. The molecule has 1 aliphatic carbocycles. The molecule has 0 aromatic carbocycles. The fraction of sp³-hybridized carbons (Fsp3) is 0.733. The molecular weight excluding hydrogens is 274 g/mol. The maximum absolute atomic E-state index is 6.07. The summed E-state index contributed by atoms with van der Waals surface area (Å²) in [7, 11) is 0. The van der Waals surface area contributed by atoms with Gasteiger partial charge in [0.25, 0.3) is 0 Å². The van der Waals surface area contributed by atoms with E-state index in [-0.39, 0.29) is 6.10 Å². The van der Waals surface area contributed by atoms with Crippen LogP contribution in [-0.4, -0.2) is 28.5 Å². The fourth-order valence-electron chi connectivity index (χ4n) is 2.73. The Kier molecular flexibility index (Phi) is 5.89. The molecule has 1 aromatic rings. The predicted molar refractivity (Wildman–Crippen MR) is 82.5 cm³/mol. The third kappa shape index (κ3) is 4.51. The lowest BCUT2D eigenvalue weighted by Gasteiger charge is -2.30. The zero-order valence-corrected chi connectivity index (χ0v) is 13.1. The average Bonchev–Trinajstić information content (AvgIpc) is 2.45. The van der Waals surface area contributed by atoms with Crippen molar-refractivity contribution in [3.8, 4) is 5.88 Å². The topological polar surface area (TPSA) is 47.0 Å². The number of ether oxygens (including phenoxy) is 1. The molecule has 4 nitrogen and oxygen atoms in total. The normalized spacial score (nSPS) is 22.8. The first-order valence-corrected chi connectivity index (χ1v) is 8.01. The molecule has 1 heterocycles. The van der Waals surface area contributed by atoms with Gasteiger partial charge in [-0.15, -0.1) is 11.6 Å². The van der Waals surface area contributed by atoms with Crippen molar-refractivity contribution in [3.63, 3.8) is 0 Å². The first kappa shape index (κ1) is 15.4. The van der Waals surface area contributed by atoms with Crippen LogP contribution in [0.1, 0.15) is 39.5 Å². The molecule has 0 radical (unpaired) electrons. The van der Waals surface area contributed by atoms with Gasteiger partial charge in [0.1, 0.15) is 12.1 Å². The molecule has 20 heavy (non-hydrogen) atoms. The minimum absolute atomic E-state index is 0.122. The Morgan fingerprint density at radius 3 is 2.75 bits per heavy atom. The highest BCUT2D eigenvalue weighted by atomic mass is 35.5. The second kappa shape index (κ2) is 7.67. The molecule has 5 heteroatoms. The van der Waals surface area contributed by atoms with E-state index < -0.39 is 0 Å². The summed E-state index contributed by atoms with van der Waals surface area (Å²) in [5.41, 5.74) is 0. The van der Waals surface area contributed by atoms with Crippen LogP contribution in [0.5, 0.6) is 5.88 Å². The summed E-state index contributed by atoms with van der Waals surface area (Å²) in [5.74, 6) is 3.49. The van der Waals surface area contributed by atoms with Crippen molar-refractivity contribution < 1.29 is 4.74 Å². The van der Waals surface area contributed by atoms with Crippen LogP contribution < -0.4 is 10.1 Å². The predicted octanol–water partition coefficient (Wildman–Crippen LogP) is 3.72. The van der Waals surface area contributed by atoms with Gasteiger partial charge in [-0.2, -0.15) is 0 Å². The van der Waals surface area contributed by atoms with Crippen LogP contribution in [-0.2, 0) is 0 Å². The monoisotopic (exact) mass is 297 g/mol. The standard InChI is InChI=1S/C15H24ClN3O/c1-11(2)20-15-7-14(18-10-19-15)17-9-13-6-4-3-5-12(13)8-16/h7,10-13H,3-6,8-9H2,1-2H3,(H,17,18,19). The van der Waals surface area contributed by atoms with Crippen molar-refractivity contribution in [1.82, 2.24) is 9.97 Å². The summed E-state index contributed by atoms with van der Waals surface area (Å²) in [5, 5.41) is 3.40. The van der Waals surface area contributed by atoms with Gasteiger partial charge in [-0.25, -0.2) is 9.97 Å². The molecule has 112 valence electrons. The fourth-order valence-corrected chi connectivity index (χ4v) is 3.14. The number of rotatable bonds is 6. The molecule has 1 aliphatic rings. The maximum atomic E-state index is 6.07. The van der Waals surface area contributed by atoms with Crippen LogP contribution in [0.15, 0.2) is 12.4 Å². The summed E-state index contributed by atoms with van der Waals surface area (Å²) in [4.78, 5) is 8.36. The van der Waals surface area contributed by atoms with Crippen LogP contribution in [0.25, 0.3) is 0 Å². The SMILES string of the molecule is CC(C)Oc1cc(NCC2CCCCC2CCl)ncn1. The van der Waals surface area contributed by atoms with Crippen LogP contribution in [0.2, 0.25) is 0 Å². The molecule has 1 fully saturated rings. The van der Waals surface area contributed by atoms with E-state index in [4.69, 9.17) is 16.3 Å². The summed E-state index contributed by atoms with van der Waals surface area (Å²) < 4.78 is 5.58. The van der Waals surface area contributed by atoms with Gasteiger partial charge < -0.3 is 10.1 Å². The lowest BCUT2D eigenvalue weighted by molar-refractivity contribution is 0.232. The molecule has 2 unspecified atom stereocenters. The van der Waals surface area contributed by atoms with Gasteiger partial charge >= 0.3 is 0 Å². The molecule has 0 saturated heterocycles. The molecule has 2 atom stereocenters. The van der Waals surface area contributed by atoms with E-state index in [0.717, 1.165) is 18.2 Å². The van der Waals surface area contributed by atoms with E-state index in [1.807, 2.05) is 19.9 Å². The summed E-state index contributed by atoms with van der Waals surface area (Å²) in [6.45, 7) is 4.90. The lowest BCUT2D eigenvalue weighted by Crippen LogP contribution is -2.27. The molecule has 0 aliphatic heterocycles. The molecule has 1 aromatic heterocycles. The van der Waals surface area contributed by atoms with Gasteiger partial charge in [-0.3, -0.25) is 0 Å². The molecule has 1 saturated carbocycles. The number of alkyl halides is 1. The Labute approximate surface area is 126 Å². The molecule has 1 N–H and O–H groups in total. The molecular formula is C15H24ClN3O. The lowest BCUT2D eigenvalue weighted by atomic mass is 9.80. The quantitative estimate of drug-likeness (QED) is 0.813. The third-order valence-corrected chi connectivity index (χ3v) is 4.20. The van der Waals surface area contributed by atoms with Gasteiger partial charge in [0.15, 0.2) is 0 Å². The first-order chi connectivity index (χ1) is 9.69. The van der Waals surface area contributed by atoms with Gasteiger partial charge in [-0.05, 0) is 38.5 Å². The molecule has 0 spiro atoms. The second-order valence-electron chi connectivity index (χ2n) is 5.75. The number of hydrogen-bond donors (Lipinski definition) is 1. The minimum atomic E-state index is 0.122. The highest BCUT2D eigenvalue weighted by molar-refractivity contribution is 6.18. The Morgan fingerprint density at radius 2 is 2.05 bits per heavy atom. The van der Waals surface area contributed by atoms with E-state index in [1.54, 1.807) is 6.33 Å². The van der Waals surface area contributed by atoms with Crippen molar-refractivity contribution in [2.24, 2.45) is 11.8 Å². The summed E-state index contributed by atoms with van der Waals surface area (Å²) in [6, 6.07) is 1.86. The second-order valence-corrected chi connectivity index (χ2v) is 6.06. The Balaban J connectivity index is 1.89. The minimum Gasteiger partial charge on any atom is -0.475 e. The van der Waals surface area contributed by atoms with Crippen molar-refractivity contribution in [2.75, 3.05) is 17.7 Å². The van der Waals surface area contributed by atoms with Crippen LogP contribution in [0, 0.1) is 11.8 Å². The number of nitrogens with one attached hydrogen (secondary N) is 1. The smallest absolute Gasteiger partial charge is 0.218 e. The largest absolute Gasteiger partial charge is 0.475 e. The molecule has 2 rings (SSSR count). The van der Waals surface area contributed by atoms with E-state index in [2.05, 4.69) is 15.3 Å². The number of aromatic nitrogens is 2. The number of nitrogens with zero attached hydrogens (tertiary/aromatic N) is 2. The van der Waals surface area contributed by atoms with Crippen LogP contribution in [0.4, 0.5) is 5.82 Å². The van der Waals surface area contributed by atoms with Gasteiger partial charge in [0.2, 0.25) is 5.88 Å². The van der Waals surface area contributed by atoms with Crippen LogP contribution >= 0.6 is 11.6 Å². The third-order valence-electron chi connectivity index (χ3n) is 3.81. The number of hydrogen-bond acceptors (Lipinski definition) is 4. The molecule has 0 amide bonds. The van der Waals surface area contributed by atoms with E-state index in [1.165, 1.54) is 25.7 Å². The summed E-state index contributed by atoms with van der Waals surface area (Å²) >= 11 is 6.07. The highest BCUT2D eigenvalue weighted by Gasteiger charge is 2.24. The average molecular weight is 298 g/mol. The van der Waals surface area contributed by atoms with E-state index in [0.29, 0.717) is 17.7 Å². The Morgan fingerprint density at radius 1 is 1.30 bits per heavy atom. The van der Waals surface area contributed by atoms with Crippen molar-refractivity contribution in [2.45, 2.75) is 45.6 Å².